The monoisotopic (exact) mass is 1230 g/mol. The minimum atomic E-state index is -0.932. The number of aryl methyl sites for hydroxylation is 3. The molecule has 4 fully saturated rings. The van der Waals surface area contributed by atoms with E-state index >= 15 is 0 Å². The first-order valence-corrected chi connectivity index (χ1v) is 27.7. The van der Waals surface area contributed by atoms with Gasteiger partial charge < -0.3 is 40.3 Å². The molecule has 3 N–H and O–H groups in total. The molecular formula is C61H49F3N14O6S3. The molecule has 20 nitrogen and oxygen atoms in total. The fourth-order valence-corrected chi connectivity index (χ4v) is 12.1. The molecule has 3 unspecified atom stereocenters. The number of benzene rings is 4. The Hall–Kier alpha value is -10.3. The Morgan fingerprint density at radius 3 is 1.40 bits per heavy atom. The van der Waals surface area contributed by atoms with Gasteiger partial charge in [-0.3, -0.25) is 43.5 Å². The third kappa shape index (κ3) is 11.1. The van der Waals surface area contributed by atoms with Gasteiger partial charge in [0.05, 0.1) is 34.6 Å². The van der Waals surface area contributed by atoms with Gasteiger partial charge in [0.1, 0.15) is 48.5 Å². The summed E-state index contributed by atoms with van der Waals surface area (Å²) in [6, 6.07) is 20.8. The first-order chi connectivity index (χ1) is 41.6. The standard InChI is InChI=1S/C24H20FN5O2S.C19H15FN4O2S.C18H14FN5O2S/c1-13-9-16(12-28-20(13)26-2)29-22(32)24(11-14-5-4-6-18(14)24)30(23(29)33)15-7-8-17(19(25)10-15)21(31)27-3;1-11-8-13(5-7-16(11)21-2)24-17(25)10-23(19(24)27)12-4-6-14(15(20)9-12)18(26)22-3;1-10-6-12(8-22-16(10)20-2)24-15(25)9-23(18(24)27)11-4-5-13(14(19)7-11)17(26)21-3/h4-5,7-10,12,14,18H,6,11H2,1,3H3,(H,27,31);4-9H,10H2,1,3H3,(H,22,26);4-8H,9H2,1,3H3,(H,21,26). The molecule has 26 heteroatoms. The molecule has 87 heavy (non-hydrogen) atoms. The van der Waals surface area contributed by atoms with E-state index in [0.29, 0.717) is 57.4 Å². The number of rotatable bonds is 9. The molecule has 3 atom stereocenters. The van der Waals surface area contributed by atoms with Crippen molar-refractivity contribution in [3.63, 3.8) is 0 Å². The van der Waals surface area contributed by atoms with Crippen molar-refractivity contribution in [3.8, 4) is 0 Å². The topological polar surface area (TPSA) is 197 Å². The van der Waals surface area contributed by atoms with E-state index in [1.807, 2.05) is 0 Å². The number of aromatic nitrogens is 2. The number of carbonyl (C=O) groups excluding carboxylic acids is 6. The van der Waals surface area contributed by atoms with Gasteiger partial charge in [-0.2, -0.15) is 0 Å². The van der Waals surface area contributed by atoms with Gasteiger partial charge in [0, 0.05) is 49.8 Å². The molecule has 6 aromatic rings. The van der Waals surface area contributed by atoms with Crippen molar-refractivity contribution in [2.24, 2.45) is 11.8 Å². The SMILES string of the molecule is [C-]#[N+]c1ccc(N2C(=O)CN(c3ccc(C(=O)NC)c(F)c3)C2=S)cc1C.[C-]#[N+]c1ncc(N2C(=O)C3(CC4C=CCC43)N(c3ccc(C(=O)NC)c(F)c3)C2=S)cc1C.[C-]#[N+]c1ncc(N2C(=O)CN(c3ccc(C(=O)NC)c(F)c3)C2=S)cc1C. The summed E-state index contributed by atoms with van der Waals surface area (Å²) in [4.78, 5) is 101. The molecule has 4 aromatic carbocycles. The van der Waals surface area contributed by atoms with E-state index in [9.17, 15) is 41.9 Å². The van der Waals surface area contributed by atoms with Crippen molar-refractivity contribution >= 4 is 139 Å². The van der Waals surface area contributed by atoms with Crippen LogP contribution < -0.4 is 45.3 Å². The van der Waals surface area contributed by atoms with Gasteiger partial charge in [0.2, 0.25) is 0 Å². The van der Waals surface area contributed by atoms with Crippen molar-refractivity contribution < 1.29 is 41.9 Å². The number of nitrogens with zero attached hydrogens (tertiary/aromatic N) is 11. The number of amides is 6. The van der Waals surface area contributed by atoms with Crippen LogP contribution in [0.4, 0.5) is 64.6 Å². The zero-order chi connectivity index (χ0) is 62.9. The average Bonchev–Trinajstić information content (AvgIpc) is 1.54. The second-order valence-corrected chi connectivity index (χ2v) is 21.3. The van der Waals surface area contributed by atoms with E-state index in [-0.39, 0.29) is 86.3 Å². The van der Waals surface area contributed by atoms with E-state index in [1.165, 1.54) is 101 Å². The lowest BCUT2D eigenvalue weighted by atomic mass is 9.59. The molecule has 3 aliphatic heterocycles. The Morgan fingerprint density at radius 2 is 0.989 bits per heavy atom. The predicted octanol–water partition coefficient (Wildman–Crippen LogP) is 9.67. The zero-order valence-electron chi connectivity index (χ0n) is 47.1. The summed E-state index contributed by atoms with van der Waals surface area (Å²) in [6.45, 7) is 26.6. The van der Waals surface area contributed by atoms with Gasteiger partial charge in [-0.25, -0.2) is 18.0 Å². The molecule has 11 rings (SSSR count). The van der Waals surface area contributed by atoms with Crippen LogP contribution in [-0.2, 0) is 14.4 Å². The van der Waals surface area contributed by atoms with E-state index in [4.69, 9.17) is 56.4 Å². The molecule has 1 saturated carbocycles. The summed E-state index contributed by atoms with van der Waals surface area (Å²) in [5, 5.41) is 7.76. The third-order valence-corrected chi connectivity index (χ3v) is 16.4. The van der Waals surface area contributed by atoms with Gasteiger partial charge in [0.25, 0.3) is 47.1 Å². The van der Waals surface area contributed by atoms with E-state index < -0.39 is 40.7 Å². The summed E-state index contributed by atoms with van der Waals surface area (Å²) < 4.78 is 43.4. The Kier molecular flexibility index (Phi) is 17.4. The number of hydrogen-bond donors (Lipinski definition) is 3. The minimum Gasteiger partial charge on any atom is -0.360 e. The summed E-state index contributed by atoms with van der Waals surface area (Å²) >= 11 is 16.6. The highest BCUT2D eigenvalue weighted by atomic mass is 32.1. The number of fused-ring (bicyclic) bond motifs is 2. The highest BCUT2D eigenvalue weighted by Gasteiger charge is 2.68. The number of hydrogen-bond acceptors (Lipinski definition) is 11. The van der Waals surface area contributed by atoms with Gasteiger partial charge >= 0.3 is 0 Å². The number of allylic oxidation sites excluding steroid dienone is 2. The number of thiocarbonyl (C=S) groups is 3. The third-order valence-electron chi connectivity index (χ3n) is 15.2. The molecule has 3 saturated heterocycles. The Bertz CT molecular complexity index is 4000. The van der Waals surface area contributed by atoms with E-state index in [0.717, 1.165) is 12.0 Å². The first-order valence-electron chi connectivity index (χ1n) is 26.4. The normalized spacial score (nSPS) is 18.1. The number of carbonyl (C=O) groups is 6. The Balaban J connectivity index is 0.000000157. The summed E-state index contributed by atoms with van der Waals surface area (Å²) in [5.74, 6) is -3.63. The van der Waals surface area contributed by atoms with Crippen LogP contribution >= 0.6 is 36.7 Å². The number of halogens is 3. The molecule has 0 bridgehead atoms. The zero-order valence-corrected chi connectivity index (χ0v) is 49.6. The summed E-state index contributed by atoms with van der Waals surface area (Å²) in [5.41, 5.74) is 3.96. The molecule has 2 aliphatic carbocycles. The van der Waals surface area contributed by atoms with Crippen molar-refractivity contribution in [1.29, 1.82) is 0 Å². The maximum absolute atomic E-state index is 14.9. The quantitative estimate of drug-likeness (QED) is 0.0703. The largest absolute Gasteiger partial charge is 0.360 e. The van der Waals surface area contributed by atoms with Gasteiger partial charge in [-0.05, 0) is 172 Å². The van der Waals surface area contributed by atoms with Crippen LogP contribution in [0.1, 0.15) is 60.6 Å². The highest BCUT2D eigenvalue weighted by Crippen LogP contribution is 2.58. The number of anilines is 6. The minimum absolute atomic E-state index is 0.0196. The van der Waals surface area contributed by atoms with Crippen LogP contribution in [0.25, 0.3) is 14.5 Å². The van der Waals surface area contributed by atoms with Gasteiger partial charge in [-0.15, -0.1) is 9.97 Å². The molecule has 438 valence electrons. The lowest BCUT2D eigenvalue weighted by Gasteiger charge is -2.52. The smallest absolute Gasteiger partial charge is 0.272 e. The maximum Gasteiger partial charge on any atom is 0.272 e. The molecular weight excluding hydrogens is 1180 g/mol. The lowest BCUT2D eigenvalue weighted by molar-refractivity contribution is -0.128. The first kappa shape index (κ1) is 61.2. The fourth-order valence-electron chi connectivity index (χ4n) is 10.9. The van der Waals surface area contributed by atoms with Crippen LogP contribution in [0.5, 0.6) is 0 Å². The fraction of sp³-hybridized carbons (Fsp3) is 0.213. The van der Waals surface area contributed by atoms with Gasteiger partial charge in [0.15, 0.2) is 21.0 Å². The van der Waals surface area contributed by atoms with Crippen LogP contribution in [0.15, 0.2) is 109 Å². The van der Waals surface area contributed by atoms with Gasteiger partial charge in [-0.1, -0.05) is 31.4 Å². The van der Waals surface area contributed by atoms with Crippen molar-refractivity contribution in [1.82, 2.24) is 25.9 Å². The lowest BCUT2D eigenvalue weighted by Crippen LogP contribution is -2.65. The van der Waals surface area contributed by atoms with E-state index in [2.05, 4.69) is 52.6 Å². The molecule has 5 aliphatic rings. The molecule has 2 aromatic heterocycles. The summed E-state index contributed by atoms with van der Waals surface area (Å²) in [7, 11) is 4.27. The van der Waals surface area contributed by atoms with Crippen molar-refractivity contribution in [3.05, 3.63) is 195 Å². The maximum atomic E-state index is 14.9. The second kappa shape index (κ2) is 24.7. The van der Waals surface area contributed by atoms with Crippen LogP contribution in [0.2, 0.25) is 0 Å². The van der Waals surface area contributed by atoms with Crippen LogP contribution in [0, 0.1) is 69.8 Å². The Labute approximate surface area is 513 Å². The molecule has 6 amide bonds. The van der Waals surface area contributed by atoms with Crippen LogP contribution in [0.3, 0.4) is 0 Å². The predicted molar refractivity (Wildman–Crippen MR) is 333 cm³/mol. The second-order valence-electron chi connectivity index (χ2n) is 20.2. The van der Waals surface area contributed by atoms with E-state index in [1.54, 1.807) is 68.1 Å². The highest BCUT2D eigenvalue weighted by molar-refractivity contribution is 7.81. The van der Waals surface area contributed by atoms with Crippen molar-refractivity contribution in [2.75, 3.05) is 63.6 Å². The molecule has 1 spiro atoms. The average molecular weight is 1230 g/mol. The van der Waals surface area contributed by atoms with Crippen molar-refractivity contribution in [2.45, 2.75) is 39.2 Å². The van der Waals surface area contributed by atoms with Crippen LogP contribution in [-0.4, -0.2) is 101 Å². The number of pyridine rings is 2. The molecule has 0 radical (unpaired) electrons. The molecule has 5 heterocycles. The summed E-state index contributed by atoms with van der Waals surface area (Å²) in [6.07, 6.45) is 8.37. The Morgan fingerprint density at radius 1 is 0.563 bits per heavy atom. The number of nitrogens with one attached hydrogen (secondary N) is 3.